The topological polar surface area (TPSA) is 66.1 Å². The van der Waals surface area contributed by atoms with Gasteiger partial charge in [0.05, 0.1) is 35.2 Å². The number of alkyl halides is 3. The molecule has 1 N–H and O–H groups in total. The maximum atomic E-state index is 13.4. The summed E-state index contributed by atoms with van der Waals surface area (Å²) in [6.45, 7) is 0.646. The Morgan fingerprint density at radius 1 is 0.933 bits per heavy atom. The molecule has 3 aliphatic rings. The molecule has 1 aliphatic heterocycles. The maximum absolute atomic E-state index is 13.4. The zero-order valence-corrected chi connectivity index (χ0v) is 25.1. The first-order chi connectivity index (χ1) is 21.7. The van der Waals surface area contributed by atoms with Crippen molar-refractivity contribution in [3.8, 4) is 11.1 Å². The van der Waals surface area contributed by atoms with Crippen molar-refractivity contribution >= 4 is 5.91 Å². The number of rotatable bonds is 6. The van der Waals surface area contributed by atoms with Gasteiger partial charge in [-0.05, 0) is 71.6 Å². The molecule has 0 unspecified atom stereocenters. The standard InChI is InChI=1S/C37H36F3N3O2/c38-37(39,40)30-14-6-12-28(22-30)26-10-4-7-24(19-26)20-33(44)43-18-15-32-31(23-43)34(45)42-35(41-32)36(16-17-36)29-13-5-11-27(21-29)25-8-2-1-3-9-25/h4-7,10-14,19,21-22,25H,1-3,8-9,15-18,20,23H2,(H,41,42,45). The lowest BCUT2D eigenvalue weighted by molar-refractivity contribution is -0.137. The first kappa shape index (κ1) is 29.5. The Labute approximate surface area is 260 Å². The smallest absolute Gasteiger partial charge is 0.337 e. The van der Waals surface area contributed by atoms with E-state index in [-0.39, 0.29) is 29.8 Å². The van der Waals surface area contributed by atoms with Gasteiger partial charge in [0, 0.05) is 13.0 Å². The average Bonchev–Trinajstić information content (AvgIpc) is 3.87. The molecule has 0 spiro atoms. The lowest BCUT2D eigenvalue weighted by Crippen LogP contribution is -2.41. The van der Waals surface area contributed by atoms with Crippen molar-refractivity contribution in [2.24, 2.45) is 0 Å². The number of aromatic amines is 1. The summed E-state index contributed by atoms with van der Waals surface area (Å²) in [5, 5.41) is 0. The Bertz CT molecular complexity index is 1800. The van der Waals surface area contributed by atoms with E-state index in [9.17, 15) is 22.8 Å². The summed E-state index contributed by atoms with van der Waals surface area (Å²) in [5.74, 6) is 1.21. The number of carbonyl (C=O) groups is 1. The normalized spacial score (nSPS) is 18.0. The molecule has 0 atom stereocenters. The lowest BCUT2D eigenvalue weighted by atomic mass is 9.82. The number of amides is 1. The zero-order chi connectivity index (χ0) is 31.2. The molecule has 2 aliphatic carbocycles. The van der Waals surface area contributed by atoms with Crippen LogP contribution in [0.4, 0.5) is 13.2 Å². The molecule has 4 aromatic rings. The minimum absolute atomic E-state index is 0.0893. The van der Waals surface area contributed by atoms with E-state index in [2.05, 4.69) is 29.2 Å². The minimum atomic E-state index is -4.43. The number of nitrogens with one attached hydrogen (secondary N) is 1. The van der Waals surface area contributed by atoms with Gasteiger partial charge < -0.3 is 9.88 Å². The van der Waals surface area contributed by atoms with Crippen LogP contribution in [0.2, 0.25) is 0 Å². The fraction of sp³-hybridized carbons (Fsp3) is 0.378. The van der Waals surface area contributed by atoms with Gasteiger partial charge >= 0.3 is 6.18 Å². The van der Waals surface area contributed by atoms with Crippen molar-refractivity contribution in [1.29, 1.82) is 0 Å². The Balaban J connectivity index is 1.07. The summed E-state index contributed by atoms with van der Waals surface area (Å²) < 4.78 is 39.7. The number of hydrogen-bond acceptors (Lipinski definition) is 3. The molecule has 8 heteroatoms. The third-order valence-electron chi connectivity index (χ3n) is 9.95. The number of halogens is 3. The van der Waals surface area contributed by atoms with E-state index in [1.54, 1.807) is 35.2 Å². The number of H-pyrrole nitrogens is 1. The highest BCUT2D eigenvalue weighted by molar-refractivity contribution is 5.80. The van der Waals surface area contributed by atoms with Gasteiger partial charge in [0.1, 0.15) is 5.82 Å². The van der Waals surface area contributed by atoms with Crippen LogP contribution in [-0.2, 0) is 35.8 Å². The number of benzene rings is 3. The van der Waals surface area contributed by atoms with E-state index in [0.717, 1.165) is 36.5 Å². The molecular weight excluding hydrogens is 575 g/mol. The Hall–Kier alpha value is -4.20. The summed E-state index contributed by atoms with van der Waals surface area (Å²) in [4.78, 5) is 36.5. The van der Waals surface area contributed by atoms with Crippen LogP contribution in [0.25, 0.3) is 11.1 Å². The van der Waals surface area contributed by atoms with Crippen molar-refractivity contribution in [2.45, 2.75) is 81.8 Å². The van der Waals surface area contributed by atoms with E-state index in [1.165, 1.54) is 49.3 Å². The molecule has 0 saturated heterocycles. The van der Waals surface area contributed by atoms with Gasteiger partial charge in [-0.2, -0.15) is 13.2 Å². The molecule has 5 nitrogen and oxygen atoms in total. The van der Waals surface area contributed by atoms with Gasteiger partial charge in [-0.1, -0.05) is 79.9 Å². The molecule has 0 radical (unpaired) electrons. The van der Waals surface area contributed by atoms with E-state index >= 15 is 0 Å². The molecule has 1 amide bonds. The summed E-state index contributed by atoms with van der Waals surface area (Å²) >= 11 is 0. The summed E-state index contributed by atoms with van der Waals surface area (Å²) in [6.07, 6.45) is 4.42. The van der Waals surface area contributed by atoms with Crippen LogP contribution in [0.5, 0.6) is 0 Å². The summed E-state index contributed by atoms with van der Waals surface area (Å²) in [5.41, 5.74) is 4.52. The zero-order valence-electron chi connectivity index (χ0n) is 25.1. The molecule has 2 heterocycles. The predicted molar refractivity (Wildman–Crippen MR) is 167 cm³/mol. The second kappa shape index (κ2) is 11.6. The van der Waals surface area contributed by atoms with Gasteiger partial charge in [-0.3, -0.25) is 9.59 Å². The third kappa shape index (κ3) is 5.95. The van der Waals surface area contributed by atoms with Gasteiger partial charge in [0.25, 0.3) is 5.56 Å². The van der Waals surface area contributed by atoms with Crippen LogP contribution in [0.3, 0.4) is 0 Å². The molecule has 0 bridgehead atoms. The number of aromatic nitrogens is 2. The van der Waals surface area contributed by atoms with Gasteiger partial charge in [0.2, 0.25) is 5.91 Å². The number of fused-ring (bicyclic) bond motifs is 1. The molecule has 7 rings (SSSR count). The van der Waals surface area contributed by atoms with Crippen LogP contribution < -0.4 is 5.56 Å². The maximum Gasteiger partial charge on any atom is 0.416 e. The van der Waals surface area contributed by atoms with E-state index in [0.29, 0.717) is 41.1 Å². The van der Waals surface area contributed by atoms with Crippen LogP contribution in [0.1, 0.15) is 90.2 Å². The number of hydrogen-bond donors (Lipinski definition) is 1. The molecule has 3 aromatic carbocycles. The minimum Gasteiger partial charge on any atom is -0.337 e. The SMILES string of the molecule is O=C(Cc1cccc(-c2cccc(C(F)(F)F)c2)c1)N1CCc2nc(C3(c4cccc(C5CCCCC5)c4)CC3)[nH]c(=O)c2C1. The van der Waals surface area contributed by atoms with E-state index in [1.807, 2.05) is 0 Å². The van der Waals surface area contributed by atoms with E-state index in [4.69, 9.17) is 4.98 Å². The van der Waals surface area contributed by atoms with Crippen LogP contribution in [0, 0.1) is 0 Å². The van der Waals surface area contributed by atoms with Crippen molar-refractivity contribution in [3.63, 3.8) is 0 Å². The lowest BCUT2D eigenvalue weighted by Gasteiger charge is -2.29. The monoisotopic (exact) mass is 611 g/mol. The highest BCUT2D eigenvalue weighted by Gasteiger charge is 2.49. The van der Waals surface area contributed by atoms with Crippen molar-refractivity contribution in [2.75, 3.05) is 6.54 Å². The number of carbonyl (C=O) groups excluding carboxylic acids is 1. The highest BCUT2D eigenvalue weighted by Crippen LogP contribution is 2.52. The van der Waals surface area contributed by atoms with Crippen LogP contribution in [-0.4, -0.2) is 27.3 Å². The summed E-state index contributed by atoms with van der Waals surface area (Å²) in [6, 6.07) is 21.1. The molecule has 1 aromatic heterocycles. The highest BCUT2D eigenvalue weighted by atomic mass is 19.4. The fourth-order valence-electron chi connectivity index (χ4n) is 7.20. The second-order valence-electron chi connectivity index (χ2n) is 12.9. The third-order valence-corrected chi connectivity index (χ3v) is 9.95. The summed E-state index contributed by atoms with van der Waals surface area (Å²) in [7, 11) is 0. The first-order valence-electron chi connectivity index (χ1n) is 16.0. The predicted octanol–water partition coefficient (Wildman–Crippen LogP) is 7.71. The number of nitrogens with zero attached hydrogens (tertiary/aromatic N) is 2. The fourth-order valence-corrected chi connectivity index (χ4v) is 7.20. The Morgan fingerprint density at radius 3 is 2.42 bits per heavy atom. The molecule has 2 fully saturated rings. The second-order valence-corrected chi connectivity index (χ2v) is 12.9. The average molecular weight is 612 g/mol. The van der Waals surface area contributed by atoms with Crippen molar-refractivity contribution in [1.82, 2.24) is 14.9 Å². The van der Waals surface area contributed by atoms with Gasteiger partial charge in [0.15, 0.2) is 0 Å². The van der Waals surface area contributed by atoms with E-state index < -0.39 is 11.7 Å². The van der Waals surface area contributed by atoms with Gasteiger partial charge in [-0.15, -0.1) is 0 Å². The Morgan fingerprint density at radius 2 is 1.67 bits per heavy atom. The largest absolute Gasteiger partial charge is 0.416 e. The van der Waals surface area contributed by atoms with Crippen molar-refractivity contribution < 1.29 is 18.0 Å². The molecule has 45 heavy (non-hydrogen) atoms. The Kier molecular flexibility index (Phi) is 7.62. The molecule has 232 valence electrons. The quantitative estimate of drug-likeness (QED) is 0.243. The van der Waals surface area contributed by atoms with Crippen LogP contribution in [0.15, 0.2) is 77.6 Å². The first-order valence-corrected chi connectivity index (χ1v) is 16.0. The van der Waals surface area contributed by atoms with Crippen LogP contribution >= 0.6 is 0 Å². The van der Waals surface area contributed by atoms with Gasteiger partial charge in [-0.25, -0.2) is 4.98 Å². The molecule has 2 saturated carbocycles. The van der Waals surface area contributed by atoms with Crippen molar-refractivity contribution in [3.05, 3.63) is 122 Å². The molecular formula is C37H36F3N3O2.